The van der Waals surface area contributed by atoms with Crippen LogP contribution in [0.5, 0.6) is 0 Å². The molecule has 0 fully saturated rings. The molecule has 0 spiro atoms. The third kappa shape index (κ3) is 22.2. The summed E-state index contributed by atoms with van der Waals surface area (Å²) >= 11 is 0. The van der Waals surface area contributed by atoms with Crippen LogP contribution in [0.4, 0.5) is 0 Å². The van der Waals surface area contributed by atoms with Crippen LogP contribution in [0, 0.1) is 0 Å². The zero-order chi connectivity index (χ0) is 4.28. The largest absolute Gasteiger partial charge is 4.00 e. The van der Waals surface area contributed by atoms with Crippen molar-refractivity contribution in [3.63, 3.8) is 0 Å². The maximum atomic E-state index is 9.01. The summed E-state index contributed by atoms with van der Waals surface area (Å²) in [6.07, 6.45) is 0. The Balaban J connectivity index is -0.0000000800. The van der Waals surface area contributed by atoms with Gasteiger partial charge in [-0.1, -0.05) is 0 Å². The minimum atomic E-state index is -1.44. The van der Waals surface area contributed by atoms with Crippen LogP contribution in [-0.4, -0.2) is 17.7 Å². The van der Waals surface area contributed by atoms with Crippen molar-refractivity contribution >= 4 is 5.97 Å². The van der Waals surface area contributed by atoms with Gasteiger partial charge in [-0.2, -0.15) is 0 Å². The normalized spacial score (nSPS) is 5.29. The van der Waals surface area contributed by atoms with E-state index in [1.54, 1.807) is 0 Å². The van der Waals surface area contributed by atoms with Crippen LogP contribution < -0.4 is 11.3 Å². The minimum Gasteiger partial charge on any atom is -0.548 e. The summed E-state index contributed by atoms with van der Waals surface area (Å²) in [7, 11) is 0. The number of hydrogen-bond acceptors (Lipinski definition) is 3. The number of aliphatic hydroxyl groups excluding tert-OH is 1. The van der Waals surface area contributed by atoms with Gasteiger partial charge in [-0.15, -0.1) is 0 Å². The molecule has 5 heteroatoms. The Morgan fingerprint density at radius 3 is 1.86 bits per heavy atom. The molecular formula is C2H7HfNO3+4. The first-order valence-electron chi connectivity index (χ1n) is 1.08. The van der Waals surface area contributed by atoms with Crippen molar-refractivity contribution in [2.75, 3.05) is 6.61 Å². The smallest absolute Gasteiger partial charge is 0.548 e. The van der Waals surface area contributed by atoms with Gasteiger partial charge in [-0.25, -0.2) is 0 Å². The first kappa shape index (κ1) is 15.7. The molecule has 0 atom stereocenters. The van der Waals surface area contributed by atoms with E-state index in [1.807, 2.05) is 0 Å². The van der Waals surface area contributed by atoms with Crippen molar-refractivity contribution in [2.24, 2.45) is 0 Å². The van der Waals surface area contributed by atoms with Crippen LogP contribution in [0.15, 0.2) is 0 Å². The molecule has 0 saturated carbocycles. The number of carbonyl (C=O) groups excluding carboxylic acids is 1. The molecule has 7 heavy (non-hydrogen) atoms. The summed E-state index contributed by atoms with van der Waals surface area (Å²) in [5.41, 5.74) is 0. The van der Waals surface area contributed by atoms with Gasteiger partial charge < -0.3 is 21.2 Å². The number of carbonyl (C=O) groups is 1. The summed E-state index contributed by atoms with van der Waals surface area (Å²) in [6, 6.07) is 0. The van der Waals surface area contributed by atoms with E-state index in [-0.39, 0.29) is 32.0 Å². The second-order valence-electron chi connectivity index (χ2n) is 0.530. The molecule has 38 valence electrons. The van der Waals surface area contributed by atoms with Gasteiger partial charge in [-0.3, -0.25) is 0 Å². The number of aliphatic hydroxyl groups is 1. The van der Waals surface area contributed by atoms with Crippen LogP contribution in [0.1, 0.15) is 0 Å². The summed E-state index contributed by atoms with van der Waals surface area (Å²) in [5, 5.41) is 16.5. The molecule has 5 N–H and O–H groups in total. The van der Waals surface area contributed by atoms with E-state index in [2.05, 4.69) is 0 Å². The SMILES string of the molecule is O=C([O-])CO.[Hf+4].[NH4+]. The van der Waals surface area contributed by atoms with E-state index in [0.29, 0.717) is 0 Å². The number of carboxylic acid groups (broad SMARTS) is 1. The predicted molar refractivity (Wildman–Crippen MR) is 18.1 cm³/mol. The Hall–Kier alpha value is 0.260. The molecule has 0 aromatic rings. The van der Waals surface area contributed by atoms with Gasteiger partial charge >= 0.3 is 25.8 Å². The van der Waals surface area contributed by atoms with Crippen molar-refractivity contribution < 1.29 is 40.9 Å². The zero-order valence-corrected chi connectivity index (χ0v) is 7.56. The van der Waals surface area contributed by atoms with E-state index < -0.39 is 12.6 Å². The number of carboxylic acids is 1. The van der Waals surface area contributed by atoms with Crippen molar-refractivity contribution in [1.82, 2.24) is 6.15 Å². The van der Waals surface area contributed by atoms with Crippen molar-refractivity contribution in [3.8, 4) is 0 Å². The Bertz CT molecular complexity index is 48.2. The predicted octanol–water partition coefficient (Wildman–Crippen LogP) is -1.90. The number of rotatable bonds is 1. The summed E-state index contributed by atoms with van der Waals surface area (Å²) < 4.78 is 0. The van der Waals surface area contributed by atoms with E-state index in [0.717, 1.165) is 0 Å². The van der Waals surface area contributed by atoms with Crippen molar-refractivity contribution in [3.05, 3.63) is 0 Å². The Morgan fingerprint density at radius 2 is 1.86 bits per heavy atom. The van der Waals surface area contributed by atoms with Crippen LogP contribution >= 0.6 is 0 Å². The average molecular weight is 272 g/mol. The molecule has 0 aliphatic rings. The number of hydrogen-bond donors (Lipinski definition) is 2. The third-order valence-corrected chi connectivity index (χ3v) is 0.129. The molecule has 4 nitrogen and oxygen atoms in total. The summed E-state index contributed by atoms with van der Waals surface area (Å²) in [6.45, 7) is -0.889. The third-order valence-electron chi connectivity index (χ3n) is 0.129. The standard InChI is InChI=1S/C2H4O3.Hf.H3N/c3-1-2(4)5;;/h3H,1H2,(H,4,5);;1H3/q;+4;. The van der Waals surface area contributed by atoms with Gasteiger partial charge in [0.2, 0.25) is 0 Å². The number of quaternary nitrogens is 1. The fraction of sp³-hybridized carbons (Fsp3) is 0.500. The van der Waals surface area contributed by atoms with Crippen molar-refractivity contribution in [2.45, 2.75) is 0 Å². The van der Waals surface area contributed by atoms with Gasteiger partial charge in [0.15, 0.2) is 0 Å². The Kier molecular flexibility index (Phi) is 21.4. The van der Waals surface area contributed by atoms with E-state index in [4.69, 9.17) is 15.0 Å². The molecule has 0 rings (SSSR count). The molecule has 0 radical (unpaired) electrons. The molecule has 0 bridgehead atoms. The van der Waals surface area contributed by atoms with Crippen LogP contribution in [0.25, 0.3) is 0 Å². The Morgan fingerprint density at radius 1 is 1.71 bits per heavy atom. The van der Waals surface area contributed by atoms with Crippen LogP contribution in [0.2, 0.25) is 0 Å². The average Bonchev–Trinajstić information content (AvgIpc) is 1.38. The molecule has 0 aromatic heterocycles. The van der Waals surface area contributed by atoms with E-state index in [1.165, 1.54) is 0 Å². The molecule has 0 amide bonds. The van der Waals surface area contributed by atoms with Gasteiger partial charge in [0.1, 0.15) is 0 Å². The monoisotopic (exact) mass is 273 g/mol. The fourth-order valence-corrected chi connectivity index (χ4v) is 0. The fourth-order valence-electron chi connectivity index (χ4n) is 0. The summed E-state index contributed by atoms with van der Waals surface area (Å²) in [5.74, 6) is -1.44. The molecule has 0 heterocycles. The quantitative estimate of drug-likeness (QED) is 0.545. The van der Waals surface area contributed by atoms with Crippen LogP contribution in [0.3, 0.4) is 0 Å². The number of aliphatic carboxylic acids is 1. The summed E-state index contributed by atoms with van der Waals surface area (Å²) in [4.78, 5) is 9.01. The minimum absolute atomic E-state index is 0. The van der Waals surface area contributed by atoms with E-state index in [9.17, 15) is 0 Å². The topological polar surface area (TPSA) is 96.9 Å². The maximum absolute atomic E-state index is 9.01. The molecule has 0 aliphatic heterocycles. The van der Waals surface area contributed by atoms with Gasteiger partial charge in [0.25, 0.3) is 0 Å². The molecule has 0 aromatic carbocycles. The molecular weight excluding hydrogens is 265 g/mol. The van der Waals surface area contributed by atoms with Crippen LogP contribution in [-0.2, 0) is 30.6 Å². The second kappa shape index (κ2) is 9.54. The van der Waals surface area contributed by atoms with Crippen molar-refractivity contribution in [1.29, 1.82) is 0 Å². The first-order valence-corrected chi connectivity index (χ1v) is 1.08. The molecule has 0 saturated heterocycles. The molecule has 0 aliphatic carbocycles. The van der Waals surface area contributed by atoms with Gasteiger partial charge in [0.05, 0.1) is 12.6 Å². The van der Waals surface area contributed by atoms with Gasteiger partial charge in [-0.05, 0) is 0 Å². The first-order chi connectivity index (χ1) is 2.27. The van der Waals surface area contributed by atoms with Gasteiger partial charge in [0, 0.05) is 0 Å². The maximum Gasteiger partial charge on any atom is 4.00 e. The molecule has 0 unspecified atom stereocenters. The zero-order valence-electron chi connectivity index (χ0n) is 3.97. The Labute approximate surface area is 59.9 Å². The second-order valence-corrected chi connectivity index (χ2v) is 0.530. The van der Waals surface area contributed by atoms with E-state index >= 15 is 0 Å².